The second kappa shape index (κ2) is 2.88. The second-order valence-corrected chi connectivity index (χ2v) is 3.48. The van der Waals surface area contributed by atoms with Crippen molar-refractivity contribution in [3.05, 3.63) is 45.2 Å². The van der Waals surface area contributed by atoms with Crippen molar-refractivity contribution in [2.24, 2.45) is 0 Å². The molecular formula is C9H6BrNO2. The van der Waals surface area contributed by atoms with Crippen LogP contribution in [0.3, 0.4) is 0 Å². The molecule has 0 aliphatic rings. The molecule has 1 N–H and O–H groups in total. The van der Waals surface area contributed by atoms with Gasteiger partial charge in [0.2, 0.25) is 5.88 Å². The van der Waals surface area contributed by atoms with Crippen LogP contribution in [0.5, 0.6) is 5.88 Å². The van der Waals surface area contributed by atoms with Crippen molar-refractivity contribution in [2.75, 3.05) is 0 Å². The Hall–Kier alpha value is -1.29. The van der Waals surface area contributed by atoms with Gasteiger partial charge in [0, 0.05) is 6.07 Å². The molecule has 0 radical (unpaired) electrons. The van der Waals surface area contributed by atoms with Gasteiger partial charge >= 0.3 is 0 Å². The first-order valence-electron chi connectivity index (χ1n) is 3.69. The highest BCUT2D eigenvalue weighted by molar-refractivity contribution is 9.10. The zero-order valence-electron chi connectivity index (χ0n) is 6.57. The minimum atomic E-state index is -0.240. The molecule has 0 bridgehead atoms. The Morgan fingerprint density at radius 3 is 2.77 bits per heavy atom. The van der Waals surface area contributed by atoms with Crippen molar-refractivity contribution in [2.45, 2.75) is 0 Å². The molecule has 13 heavy (non-hydrogen) atoms. The average Bonchev–Trinajstić information content (AvgIpc) is 2.12. The summed E-state index contributed by atoms with van der Waals surface area (Å²) < 4.78 is 1.75. The first-order valence-corrected chi connectivity index (χ1v) is 4.49. The van der Waals surface area contributed by atoms with Crippen LogP contribution in [0.2, 0.25) is 0 Å². The number of aromatic hydroxyl groups is 1. The molecule has 4 heteroatoms. The molecule has 0 aromatic carbocycles. The lowest BCUT2D eigenvalue weighted by Crippen LogP contribution is -2.11. The van der Waals surface area contributed by atoms with Crippen LogP contribution in [0, 0.1) is 0 Å². The molecule has 66 valence electrons. The van der Waals surface area contributed by atoms with Crippen LogP contribution in [0.25, 0.3) is 5.52 Å². The van der Waals surface area contributed by atoms with Crippen LogP contribution in [-0.4, -0.2) is 9.51 Å². The summed E-state index contributed by atoms with van der Waals surface area (Å²) in [5.41, 5.74) is 0.435. The van der Waals surface area contributed by atoms with Crippen molar-refractivity contribution in [1.82, 2.24) is 4.40 Å². The number of rotatable bonds is 0. The Bertz CT molecular complexity index is 518. The lowest BCUT2D eigenvalue weighted by Gasteiger charge is -2.03. The van der Waals surface area contributed by atoms with Crippen LogP contribution >= 0.6 is 15.9 Å². The van der Waals surface area contributed by atoms with E-state index in [1.54, 1.807) is 24.3 Å². The SMILES string of the molecule is O=c1cccc2ccc(Br)c(O)n12. The van der Waals surface area contributed by atoms with Crippen molar-refractivity contribution < 1.29 is 5.11 Å². The predicted octanol–water partition coefficient (Wildman–Crippen LogP) is 1.77. The number of nitrogens with zero attached hydrogens (tertiary/aromatic N) is 1. The quantitative estimate of drug-likeness (QED) is 0.762. The van der Waals surface area contributed by atoms with E-state index in [2.05, 4.69) is 15.9 Å². The maximum absolute atomic E-state index is 11.3. The number of aromatic nitrogens is 1. The van der Waals surface area contributed by atoms with Crippen LogP contribution in [0.1, 0.15) is 0 Å². The van der Waals surface area contributed by atoms with Crippen LogP contribution < -0.4 is 5.56 Å². The molecule has 0 atom stereocenters. The minimum absolute atomic E-state index is 0.0666. The van der Waals surface area contributed by atoms with Crippen molar-refractivity contribution in [1.29, 1.82) is 0 Å². The Morgan fingerprint density at radius 2 is 2.00 bits per heavy atom. The number of halogens is 1. The first-order chi connectivity index (χ1) is 6.20. The number of hydrogen-bond donors (Lipinski definition) is 1. The van der Waals surface area contributed by atoms with Gasteiger partial charge in [-0.2, -0.15) is 0 Å². The van der Waals surface area contributed by atoms with E-state index in [1.165, 1.54) is 10.5 Å². The molecule has 0 aliphatic heterocycles. The number of fused-ring (bicyclic) bond motifs is 1. The van der Waals surface area contributed by atoms with E-state index in [0.717, 1.165) is 0 Å². The molecule has 0 amide bonds. The molecule has 3 nitrogen and oxygen atoms in total. The molecule has 0 saturated heterocycles. The first kappa shape index (κ1) is 8.31. The van der Waals surface area contributed by atoms with E-state index in [9.17, 15) is 9.90 Å². The fourth-order valence-corrected chi connectivity index (χ4v) is 1.51. The molecule has 0 fully saturated rings. The second-order valence-electron chi connectivity index (χ2n) is 2.63. The van der Waals surface area contributed by atoms with Crippen molar-refractivity contribution in [3.63, 3.8) is 0 Å². The van der Waals surface area contributed by atoms with Gasteiger partial charge in [0.15, 0.2) is 0 Å². The van der Waals surface area contributed by atoms with Crippen molar-refractivity contribution >= 4 is 21.4 Å². The summed E-state index contributed by atoms with van der Waals surface area (Å²) in [5, 5.41) is 9.56. The smallest absolute Gasteiger partial charge is 0.257 e. The van der Waals surface area contributed by atoms with Gasteiger partial charge in [0.1, 0.15) is 0 Å². The highest BCUT2D eigenvalue weighted by atomic mass is 79.9. The van der Waals surface area contributed by atoms with Gasteiger partial charge in [-0.1, -0.05) is 6.07 Å². The summed E-state index contributed by atoms with van der Waals surface area (Å²) in [5.74, 6) is -0.0666. The van der Waals surface area contributed by atoms with Gasteiger partial charge in [-0.3, -0.25) is 4.79 Å². The van der Waals surface area contributed by atoms with Gasteiger partial charge in [0.25, 0.3) is 5.56 Å². The Morgan fingerprint density at radius 1 is 1.23 bits per heavy atom. The zero-order chi connectivity index (χ0) is 9.42. The van der Waals surface area contributed by atoms with Crippen molar-refractivity contribution in [3.8, 4) is 5.88 Å². The summed E-state index contributed by atoms with van der Waals surface area (Å²) in [6.07, 6.45) is 0. The summed E-state index contributed by atoms with van der Waals surface area (Å²) in [4.78, 5) is 11.3. The molecule has 0 saturated carbocycles. The van der Waals surface area contributed by atoms with E-state index in [1.807, 2.05) is 0 Å². The molecule has 2 aromatic rings. The largest absolute Gasteiger partial charge is 0.493 e. The van der Waals surface area contributed by atoms with Crippen LogP contribution in [0.4, 0.5) is 0 Å². The monoisotopic (exact) mass is 239 g/mol. The lowest BCUT2D eigenvalue weighted by molar-refractivity contribution is 0.440. The fourth-order valence-electron chi connectivity index (χ4n) is 1.20. The number of hydrogen-bond acceptors (Lipinski definition) is 2. The lowest BCUT2D eigenvalue weighted by atomic mass is 10.3. The highest BCUT2D eigenvalue weighted by Crippen LogP contribution is 2.22. The van der Waals surface area contributed by atoms with Gasteiger partial charge in [0.05, 0.1) is 9.99 Å². The van der Waals surface area contributed by atoms with Gasteiger partial charge in [-0.25, -0.2) is 4.40 Å². The minimum Gasteiger partial charge on any atom is -0.493 e. The maximum atomic E-state index is 11.3. The topological polar surface area (TPSA) is 41.7 Å². The van der Waals surface area contributed by atoms with E-state index in [-0.39, 0.29) is 11.4 Å². The van der Waals surface area contributed by atoms with Crippen LogP contribution in [0.15, 0.2) is 39.6 Å². The molecule has 2 heterocycles. The molecule has 0 spiro atoms. The Labute approximate surface area is 82.4 Å². The average molecular weight is 240 g/mol. The van der Waals surface area contributed by atoms with E-state index in [0.29, 0.717) is 9.99 Å². The molecule has 0 unspecified atom stereocenters. The third kappa shape index (κ3) is 1.23. The molecular weight excluding hydrogens is 234 g/mol. The zero-order valence-corrected chi connectivity index (χ0v) is 8.15. The third-order valence-corrected chi connectivity index (χ3v) is 2.43. The fraction of sp³-hybridized carbons (Fsp3) is 0. The Balaban J connectivity index is 3.06. The van der Waals surface area contributed by atoms with E-state index >= 15 is 0 Å². The van der Waals surface area contributed by atoms with Gasteiger partial charge < -0.3 is 5.11 Å². The summed E-state index contributed by atoms with van der Waals surface area (Å²) in [7, 11) is 0. The van der Waals surface area contributed by atoms with E-state index < -0.39 is 0 Å². The van der Waals surface area contributed by atoms with Gasteiger partial charge in [-0.15, -0.1) is 0 Å². The summed E-state index contributed by atoms with van der Waals surface area (Å²) >= 11 is 3.14. The van der Waals surface area contributed by atoms with Gasteiger partial charge in [-0.05, 0) is 34.1 Å². The predicted molar refractivity (Wildman–Crippen MR) is 53.0 cm³/mol. The number of pyridine rings is 2. The Kier molecular flexibility index (Phi) is 1.84. The third-order valence-electron chi connectivity index (χ3n) is 1.81. The molecule has 2 aromatic heterocycles. The maximum Gasteiger partial charge on any atom is 0.257 e. The summed E-state index contributed by atoms with van der Waals surface area (Å²) in [6, 6.07) is 8.27. The van der Waals surface area contributed by atoms with Crippen LogP contribution in [-0.2, 0) is 0 Å². The molecule has 0 aliphatic carbocycles. The highest BCUT2D eigenvalue weighted by Gasteiger charge is 2.03. The normalized spacial score (nSPS) is 10.5. The summed E-state index contributed by atoms with van der Waals surface area (Å²) in [6.45, 7) is 0. The van der Waals surface area contributed by atoms with E-state index in [4.69, 9.17) is 0 Å². The molecule has 2 rings (SSSR count). The standard InChI is InChI=1S/C9H6BrNO2/c10-7-5-4-6-2-1-3-8(12)11(6)9(7)13/h1-5,13H.